The monoisotopic (exact) mass is 388 g/mol. The van der Waals surface area contributed by atoms with Gasteiger partial charge in [-0.3, -0.25) is 4.79 Å². The van der Waals surface area contributed by atoms with E-state index in [-0.39, 0.29) is 5.91 Å². The molecule has 1 fully saturated rings. The number of halogens is 1. The minimum atomic E-state index is 0.0430. The Morgan fingerprint density at radius 1 is 1.08 bits per heavy atom. The van der Waals surface area contributed by atoms with Crippen LogP contribution in [0.3, 0.4) is 0 Å². The van der Waals surface area contributed by atoms with Crippen LogP contribution in [0.5, 0.6) is 5.75 Å². The van der Waals surface area contributed by atoms with E-state index in [0.717, 1.165) is 42.6 Å². The first-order valence-electron chi connectivity index (χ1n) is 8.21. The molecule has 0 spiro atoms. The standard InChI is InChI=1S/C19H21BrN2O2/c20-17-8-3-1-6-15(17)14-24-18-9-4-2-7-16(18)19(23)22-12-5-10-21-11-13-22/h1-4,6-9,21H,5,10-14H2. The summed E-state index contributed by atoms with van der Waals surface area (Å²) in [6, 6.07) is 15.4. The van der Waals surface area contributed by atoms with Gasteiger partial charge in [0.2, 0.25) is 0 Å². The molecule has 2 aromatic carbocycles. The summed E-state index contributed by atoms with van der Waals surface area (Å²) in [4.78, 5) is 14.8. The van der Waals surface area contributed by atoms with Gasteiger partial charge in [0.15, 0.2) is 0 Å². The van der Waals surface area contributed by atoms with Crippen LogP contribution in [0.1, 0.15) is 22.3 Å². The number of rotatable bonds is 4. The Labute approximate surface area is 150 Å². The first kappa shape index (κ1) is 17.0. The molecule has 0 bridgehead atoms. The molecule has 1 heterocycles. The minimum Gasteiger partial charge on any atom is -0.488 e. The number of carbonyl (C=O) groups excluding carboxylic acids is 1. The maximum Gasteiger partial charge on any atom is 0.257 e. The van der Waals surface area contributed by atoms with Crippen molar-refractivity contribution in [3.8, 4) is 5.75 Å². The van der Waals surface area contributed by atoms with Gasteiger partial charge in [0.05, 0.1) is 5.56 Å². The molecule has 0 saturated carbocycles. The molecule has 0 unspecified atom stereocenters. The molecule has 1 saturated heterocycles. The van der Waals surface area contributed by atoms with Crippen LogP contribution in [0, 0.1) is 0 Å². The highest BCUT2D eigenvalue weighted by molar-refractivity contribution is 9.10. The summed E-state index contributed by atoms with van der Waals surface area (Å²) >= 11 is 3.53. The van der Waals surface area contributed by atoms with Gasteiger partial charge in [0, 0.05) is 29.7 Å². The van der Waals surface area contributed by atoms with Crippen LogP contribution in [-0.4, -0.2) is 37.0 Å². The van der Waals surface area contributed by atoms with Gasteiger partial charge in [-0.05, 0) is 31.2 Å². The topological polar surface area (TPSA) is 41.6 Å². The number of amides is 1. The van der Waals surface area contributed by atoms with Crippen molar-refractivity contribution in [1.29, 1.82) is 0 Å². The molecule has 126 valence electrons. The largest absolute Gasteiger partial charge is 0.488 e. The van der Waals surface area contributed by atoms with E-state index >= 15 is 0 Å². The fourth-order valence-corrected chi connectivity index (χ4v) is 3.16. The fourth-order valence-electron chi connectivity index (χ4n) is 2.76. The van der Waals surface area contributed by atoms with Crippen LogP contribution in [0.4, 0.5) is 0 Å². The zero-order chi connectivity index (χ0) is 16.8. The lowest BCUT2D eigenvalue weighted by Crippen LogP contribution is -2.34. The Morgan fingerprint density at radius 2 is 1.88 bits per heavy atom. The van der Waals surface area contributed by atoms with Crippen molar-refractivity contribution in [2.45, 2.75) is 13.0 Å². The van der Waals surface area contributed by atoms with E-state index < -0.39 is 0 Å². The Morgan fingerprint density at radius 3 is 2.75 bits per heavy atom. The quantitative estimate of drug-likeness (QED) is 0.871. The first-order chi connectivity index (χ1) is 11.8. The van der Waals surface area contributed by atoms with Crippen LogP contribution in [0.15, 0.2) is 53.0 Å². The number of nitrogens with one attached hydrogen (secondary N) is 1. The Hall–Kier alpha value is -1.85. The van der Waals surface area contributed by atoms with Crippen molar-refractivity contribution in [3.05, 3.63) is 64.1 Å². The van der Waals surface area contributed by atoms with Gasteiger partial charge >= 0.3 is 0 Å². The van der Waals surface area contributed by atoms with E-state index in [9.17, 15) is 4.79 Å². The molecule has 1 aliphatic rings. The van der Waals surface area contributed by atoms with Crippen LogP contribution in [0.25, 0.3) is 0 Å². The lowest BCUT2D eigenvalue weighted by atomic mass is 10.1. The normalized spacial score (nSPS) is 15.0. The number of carbonyl (C=O) groups is 1. The minimum absolute atomic E-state index is 0.0430. The highest BCUT2D eigenvalue weighted by Crippen LogP contribution is 2.23. The van der Waals surface area contributed by atoms with E-state index in [2.05, 4.69) is 21.2 Å². The highest BCUT2D eigenvalue weighted by Gasteiger charge is 2.20. The molecule has 1 amide bonds. The third-order valence-electron chi connectivity index (χ3n) is 4.09. The van der Waals surface area contributed by atoms with E-state index in [0.29, 0.717) is 17.9 Å². The van der Waals surface area contributed by atoms with Crippen molar-refractivity contribution in [3.63, 3.8) is 0 Å². The summed E-state index contributed by atoms with van der Waals surface area (Å²) in [5.74, 6) is 0.678. The predicted molar refractivity (Wildman–Crippen MR) is 98.3 cm³/mol. The first-order valence-corrected chi connectivity index (χ1v) is 9.00. The summed E-state index contributed by atoms with van der Waals surface area (Å²) in [6.45, 7) is 3.74. The average Bonchev–Trinajstić information content (AvgIpc) is 2.90. The van der Waals surface area contributed by atoms with Crippen LogP contribution in [0.2, 0.25) is 0 Å². The van der Waals surface area contributed by atoms with E-state index in [1.54, 1.807) is 0 Å². The Balaban J connectivity index is 1.75. The third-order valence-corrected chi connectivity index (χ3v) is 4.86. The molecule has 1 N–H and O–H groups in total. The van der Waals surface area contributed by atoms with Gasteiger partial charge in [-0.15, -0.1) is 0 Å². The van der Waals surface area contributed by atoms with E-state index in [1.807, 2.05) is 53.4 Å². The van der Waals surface area contributed by atoms with Gasteiger partial charge in [-0.1, -0.05) is 46.3 Å². The molecule has 5 heteroatoms. The molecule has 0 aromatic heterocycles. The number of ether oxygens (including phenoxy) is 1. The second-order valence-corrected chi connectivity index (χ2v) is 6.63. The number of benzene rings is 2. The van der Waals surface area contributed by atoms with Crippen molar-refractivity contribution in [2.75, 3.05) is 26.2 Å². The summed E-state index contributed by atoms with van der Waals surface area (Å²) in [5, 5.41) is 3.32. The lowest BCUT2D eigenvalue weighted by Gasteiger charge is -2.21. The van der Waals surface area contributed by atoms with Crippen LogP contribution >= 0.6 is 15.9 Å². The maximum absolute atomic E-state index is 12.9. The SMILES string of the molecule is O=C(c1ccccc1OCc1ccccc1Br)N1CCCNCC1. The molecule has 3 rings (SSSR count). The number of nitrogens with zero attached hydrogens (tertiary/aromatic N) is 1. The van der Waals surface area contributed by atoms with E-state index in [1.165, 1.54) is 0 Å². The average molecular weight is 389 g/mol. The van der Waals surface area contributed by atoms with Crippen molar-refractivity contribution in [2.24, 2.45) is 0 Å². The predicted octanol–water partition coefficient (Wildman–Crippen LogP) is 3.46. The molecule has 1 aliphatic heterocycles. The zero-order valence-electron chi connectivity index (χ0n) is 13.5. The van der Waals surface area contributed by atoms with Crippen LogP contribution < -0.4 is 10.1 Å². The zero-order valence-corrected chi connectivity index (χ0v) is 15.1. The van der Waals surface area contributed by atoms with Gasteiger partial charge in [-0.25, -0.2) is 0 Å². The second kappa shape index (κ2) is 8.31. The molecule has 24 heavy (non-hydrogen) atoms. The molecule has 4 nitrogen and oxygen atoms in total. The van der Waals surface area contributed by atoms with Gasteiger partial charge in [0.1, 0.15) is 12.4 Å². The molecular formula is C19H21BrN2O2. The second-order valence-electron chi connectivity index (χ2n) is 5.77. The van der Waals surface area contributed by atoms with Crippen molar-refractivity contribution >= 4 is 21.8 Å². The molecule has 0 atom stereocenters. The third kappa shape index (κ3) is 4.16. The summed E-state index contributed by atoms with van der Waals surface area (Å²) < 4.78 is 6.96. The van der Waals surface area contributed by atoms with Crippen molar-refractivity contribution < 1.29 is 9.53 Å². The van der Waals surface area contributed by atoms with Gasteiger partial charge in [0.25, 0.3) is 5.91 Å². The highest BCUT2D eigenvalue weighted by atomic mass is 79.9. The lowest BCUT2D eigenvalue weighted by molar-refractivity contribution is 0.0761. The van der Waals surface area contributed by atoms with Crippen molar-refractivity contribution in [1.82, 2.24) is 10.2 Å². The number of hydrogen-bond acceptors (Lipinski definition) is 3. The van der Waals surface area contributed by atoms with Gasteiger partial charge < -0.3 is 15.0 Å². The summed E-state index contributed by atoms with van der Waals surface area (Å²) in [7, 11) is 0. The smallest absolute Gasteiger partial charge is 0.257 e. The van der Waals surface area contributed by atoms with Gasteiger partial charge in [-0.2, -0.15) is 0 Å². The maximum atomic E-state index is 12.9. The summed E-state index contributed by atoms with van der Waals surface area (Å²) in [5.41, 5.74) is 1.69. The van der Waals surface area contributed by atoms with Crippen LogP contribution in [-0.2, 0) is 6.61 Å². The fraction of sp³-hybridized carbons (Fsp3) is 0.316. The molecular weight excluding hydrogens is 368 g/mol. The Bertz CT molecular complexity index is 697. The molecule has 2 aromatic rings. The molecule has 0 radical (unpaired) electrons. The van der Waals surface area contributed by atoms with E-state index in [4.69, 9.17) is 4.74 Å². The number of para-hydroxylation sites is 1. The summed E-state index contributed by atoms with van der Waals surface area (Å²) in [6.07, 6.45) is 0.978. The number of hydrogen-bond donors (Lipinski definition) is 1. The Kier molecular flexibility index (Phi) is 5.88. The molecule has 0 aliphatic carbocycles.